The van der Waals surface area contributed by atoms with Crippen LogP contribution in [0.4, 0.5) is 0 Å². The van der Waals surface area contributed by atoms with Crippen molar-refractivity contribution in [1.29, 1.82) is 0 Å². The van der Waals surface area contributed by atoms with Crippen LogP contribution in [-0.2, 0) is 0 Å². The zero-order valence-corrected chi connectivity index (χ0v) is 6.43. The van der Waals surface area contributed by atoms with Gasteiger partial charge < -0.3 is 15.7 Å². The average molecular weight is 144 g/mol. The van der Waals surface area contributed by atoms with Gasteiger partial charge in [0, 0.05) is 25.7 Å². The molecule has 1 aliphatic heterocycles. The molecule has 0 saturated carbocycles. The van der Waals surface area contributed by atoms with Gasteiger partial charge in [-0.05, 0) is 6.42 Å². The minimum atomic E-state index is -0.187. The molecule has 0 aromatic carbocycles. The van der Waals surface area contributed by atoms with Crippen LogP contribution in [0.5, 0.6) is 0 Å². The molecule has 1 aliphatic rings. The van der Waals surface area contributed by atoms with Gasteiger partial charge in [-0.25, -0.2) is 0 Å². The van der Waals surface area contributed by atoms with Crippen LogP contribution in [0.2, 0.25) is 0 Å². The van der Waals surface area contributed by atoms with E-state index in [9.17, 15) is 5.11 Å². The summed E-state index contributed by atoms with van der Waals surface area (Å²) in [6, 6.07) is 0.263. The Kier molecular flexibility index (Phi) is 3.12. The molecule has 0 spiro atoms. The van der Waals surface area contributed by atoms with Crippen molar-refractivity contribution >= 4 is 0 Å². The highest BCUT2D eigenvalue weighted by atomic mass is 16.3. The number of rotatable bonds is 2. The van der Waals surface area contributed by atoms with E-state index in [-0.39, 0.29) is 12.1 Å². The zero-order chi connectivity index (χ0) is 7.40. The summed E-state index contributed by atoms with van der Waals surface area (Å²) < 4.78 is 0. The number of aliphatic hydroxyl groups is 1. The quantitative estimate of drug-likeness (QED) is 0.481. The van der Waals surface area contributed by atoms with Crippen LogP contribution >= 0.6 is 0 Å². The second kappa shape index (κ2) is 3.91. The maximum Gasteiger partial charge on any atom is 0.0703 e. The number of piperazine rings is 1. The average Bonchev–Trinajstić information content (AvgIpc) is 2.05. The Balaban J connectivity index is 2.24. The van der Waals surface area contributed by atoms with E-state index in [2.05, 4.69) is 10.6 Å². The molecule has 1 heterocycles. The molecule has 0 aromatic heterocycles. The van der Waals surface area contributed by atoms with Crippen molar-refractivity contribution in [2.75, 3.05) is 19.6 Å². The van der Waals surface area contributed by atoms with Gasteiger partial charge in [0.05, 0.1) is 6.10 Å². The van der Waals surface area contributed by atoms with E-state index in [0.717, 1.165) is 26.1 Å². The highest BCUT2D eigenvalue weighted by Gasteiger charge is 2.18. The summed E-state index contributed by atoms with van der Waals surface area (Å²) in [5.74, 6) is 0. The molecule has 1 rings (SSSR count). The fourth-order valence-electron chi connectivity index (χ4n) is 1.23. The first kappa shape index (κ1) is 7.98. The smallest absolute Gasteiger partial charge is 0.0703 e. The number of aliphatic hydroxyl groups excluding tert-OH is 1. The Morgan fingerprint density at radius 2 is 2.40 bits per heavy atom. The third-order valence-electron chi connectivity index (χ3n) is 1.96. The normalized spacial score (nSPS) is 30.0. The van der Waals surface area contributed by atoms with E-state index in [4.69, 9.17) is 0 Å². The Hall–Kier alpha value is -0.120. The van der Waals surface area contributed by atoms with Crippen LogP contribution in [0.1, 0.15) is 13.3 Å². The summed E-state index contributed by atoms with van der Waals surface area (Å²) in [6.07, 6.45) is 0.645. The molecule has 3 N–H and O–H groups in total. The number of hydrogen-bond donors (Lipinski definition) is 3. The van der Waals surface area contributed by atoms with E-state index in [0.29, 0.717) is 0 Å². The van der Waals surface area contributed by atoms with Crippen LogP contribution in [0.3, 0.4) is 0 Å². The van der Waals surface area contributed by atoms with E-state index in [1.54, 1.807) is 0 Å². The van der Waals surface area contributed by atoms with Gasteiger partial charge in [0.2, 0.25) is 0 Å². The lowest BCUT2D eigenvalue weighted by molar-refractivity contribution is 0.115. The Morgan fingerprint density at radius 1 is 1.60 bits per heavy atom. The molecule has 0 aromatic rings. The molecule has 1 fully saturated rings. The van der Waals surface area contributed by atoms with E-state index in [1.165, 1.54) is 0 Å². The maximum atomic E-state index is 9.38. The predicted molar refractivity (Wildman–Crippen MR) is 41.0 cm³/mol. The first-order valence-corrected chi connectivity index (χ1v) is 3.96. The van der Waals surface area contributed by atoms with E-state index in [1.807, 2.05) is 6.92 Å². The van der Waals surface area contributed by atoms with Gasteiger partial charge in [0.1, 0.15) is 0 Å². The first-order valence-electron chi connectivity index (χ1n) is 3.96. The number of nitrogens with one attached hydrogen (secondary N) is 2. The fourth-order valence-corrected chi connectivity index (χ4v) is 1.23. The van der Waals surface area contributed by atoms with E-state index < -0.39 is 0 Å². The monoisotopic (exact) mass is 144 g/mol. The second-order valence-corrected chi connectivity index (χ2v) is 2.74. The van der Waals surface area contributed by atoms with Crippen molar-refractivity contribution < 1.29 is 5.11 Å². The topological polar surface area (TPSA) is 44.3 Å². The van der Waals surface area contributed by atoms with Crippen molar-refractivity contribution in [1.82, 2.24) is 10.6 Å². The third kappa shape index (κ3) is 1.94. The summed E-state index contributed by atoms with van der Waals surface area (Å²) in [7, 11) is 0. The summed E-state index contributed by atoms with van der Waals surface area (Å²) in [4.78, 5) is 0. The molecule has 3 nitrogen and oxygen atoms in total. The molecule has 0 radical (unpaired) electrons. The Morgan fingerprint density at radius 3 is 2.90 bits per heavy atom. The zero-order valence-electron chi connectivity index (χ0n) is 6.43. The third-order valence-corrected chi connectivity index (χ3v) is 1.96. The van der Waals surface area contributed by atoms with Gasteiger partial charge in [-0.3, -0.25) is 0 Å². The Bertz CT molecular complexity index is 91.6. The second-order valence-electron chi connectivity index (χ2n) is 2.74. The van der Waals surface area contributed by atoms with Crippen molar-refractivity contribution in [2.45, 2.75) is 25.5 Å². The van der Waals surface area contributed by atoms with Crippen LogP contribution in [-0.4, -0.2) is 36.9 Å². The van der Waals surface area contributed by atoms with Crippen molar-refractivity contribution in [3.05, 3.63) is 0 Å². The largest absolute Gasteiger partial charge is 0.391 e. The lowest BCUT2D eigenvalue weighted by Crippen LogP contribution is -2.53. The van der Waals surface area contributed by atoms with Gasteiger partial charge in [-0.15, -0.1) is 0 Å². The molecule has 0 amide bonds. The highest BCUT2D eigenvalue weighted by Crippen LogP contribution is 1.98. The summed E-state index contributed by atoms with van der Waals surface area (Å²) in [6.45, 7) is 4.89. The molecule has 0 aliphatic carbocycles. The summed E-state index contributed by atoms with van der Waals surface area (Å²) in [5, 5.41) is 15.9. The fraction of sp³-hybridized carbons (Fsp3) is 1.00. The van der Waals surface area contributed by atoms with Crippen LogP contribution in [0.25, 0.3) is 0 Å². The number of hydrogen-bond acceptors (Lipinski definition) is 3. The van der Waals surface area contributed by atoms with Gasteiger partial charge in [0.25, 0.3) is 0 Å². The highest BCUT2D eigenvalue weighted by molar-refractivity contribution is 4.80. The van der Waals surface area contributed by atoms with Gasteiger partial charge in [-0.2, -0.15) is 0 Å². The molecule has 1 saturated heterocycles. The van der Waals surface area contributed by atoms with Crippen molar-refractivity contribution in [3.8, 4) is 0 Å². The van der Waals surface area contributed by atoms with Crippen LogP contribution in [0.15, 0.2) is 0 Å². The lowest BCUT2D eigenvalue weighted by atomic mass is 10.1. The van der Waals surface area contributed by atoms with Crippen LogP contribution in [0, 0.1) is 0 Å². The summed E-state index contributed by atoms with van der Waals surface area (Å²) >= 11 is 0. The molecule has 10 heavy (non-hydrogen) atoms. The molecule has 2 unspecified atom stereocenters. The minimum Gasteiger partial charge on any atom is -0.391 e. The van der Waals surface area contributed by atoms with E-state index >= 15 is 0 Å². The first-order chi connectivity index (χ1) is 4.84. The predicted octanol–water partition coefficient (Wildman–Crippen LogP) is -0.681. The molecular weight excluding hydrogens is 128 g/mol. The van der Waals surface area contributed by atoms with Crippen molar-refractivity contribution in [2.24, 2.45) is 0 Å². The molecule has 2 atom stereocenters. The van der Waals surface area contributed by atoms with Crippen LogP contribution < -0.4 is 10.6 Å². The van der Waals surface area contributed by atoms with Gasteiger partial charge in [0.15, 0.2) is 0 Å². The summed E-state index contributed by atoms with van der Waals surface area (Å²) in [5.41, 5.74) is 0. The standard InChI is InChI=1S/C7H16N2O/c1-2-7(10)6-5-8-3-4-9-6/h6-10H,2-5H2,1H3. The van der Waals surface area contributed by atoms with Gasteiger partial charge in [-0.1, -0.05) is 6.92 Å². The van der Waals surface area contributed by atoms with Crippen molar-refractivity contribution in [3.63, 3.8) is 0 Å². The SMILES string of the molecule is CCC(O)C1CNCCN1. The Labute approximate surface area is 61.8 Å². The molecule has 60 valence electrons. The lowest BCUT2D eigenvalue weighted by Gasteiger charge is -2.27. The molecule has 3 heteroatoms. The molecular formula is C7H16N2O. The minimum absolute atomic E-state index is 0.187. The molecule has 0 bridgehead atoms. The van der Waals surface area contributed by atoms with Gasteiger partial charge >= 0.3 is 0 Å². The maximum absolute atomic E-state index is 9.38.